The predicted molar refractivity (Wildman–Crippen MR) is 105 cm³/mol. The maximum atomic E-state index is 12.3. The highest BCUT2D eigenvalue weighted by Gasteiger charge is 2.23. The monoisotopic (exact) mass is 419 g/mol. The number of hydrogen-bond donors (Lipinski definition) is 1. The van der Waals surface area contributed by atoms with E-state index in [2.05, 4.69) is 20.5 Å². The number of halogens is 1. The second-order valence-electron chi connectivity index (χ2n) is 6.23. The summed E-state index contributed by atoms with van der Waals surface area (Å²) in [6, 6.07) is 6.97. The highest BCUT2D eigenvalue weighted by molar-refractivity contribution is 7.99. The van der Waals surface area contributed by atoms with Crippen molar-refractivity contribution in [2.75, 3.05) is 17.7 Å². The van der Waals surface area contributed by atoms with Gasteiger partial charge in [0.15, 0.2) is 10.9 Å². The molecular formula is C18H18ClN5O3S. The van der Waals surface area contributed by atoms with Crippen molar-refractivity contribution in [3.05, 3.63) is 41.7 Å². The summed E-state index contributed by atoms with van der Waals surface area (Å²) in [5.74, 6) is 1.69. The van der Waals surface area contributed by atoms with Crippen molar-refractivity contribution < 1.29 is 13.9 Å². The molecule has 1 N–H and O–H groups in total. The van der Waals surface area contributed by atoms with Gasteiger partial charge >= 0.3 is 0 Å². The Balaban J connectivity index is 1.45. The fraction of sp³-hybridized carbons (Fsp3) is 0.333. The largest absolute Gasteiger partial charge is 0.461 e. The first-order chi connectivity index (χ1) is 13.7. The number of ether oxygens (including phenoxy) is 1. The maximum Gasteiger partial charge on any atom is 0.236 e. The van der Waals surface area contributed by atoms with Gasteiger partial charge in [0.2, 0.25) is 11.7 Å². The van der Waals surface area contributed by atoms with E-state index in [1.54, 1.807) is 24.5 Å². The fourth-order valence-electron chi connectivity index (χ4n) is 2.90. The minimum atomic E-state index is -0.189. The summed E-state index contributed by atoms with van der Waals surface area (Å²) in [5, 5.41) is 12.4. The third-order valence-corrected chi connectivity index (χ3v) is 5.39. The molecule has 10 heteroatoms. The minimum absolute atomic E-state index is 0.108. The van der Waals surface area contributed by atoms with Gasteiger partial charge in [-0.2, -0.15) is 0 Å². The van der Waals surface area contributed by atoms with Crippen molar-refractivity contribution in [3.63, 3.8) is 0 Å². The quantitative estimate of drug-likeness (QED) is 0.585. The molecule has 3 aromatic rings. The van der Waals surface area contributed by atoms with Crippen LogP contribution in [-0.2, 0) is 16.1 Å². The van der Waals surface area contributed by atoms with Crippen molar-refractivity contribution >= 4 is 35.1 Å². The van der Waals surface area contributed by atoms with Gasteiger partial charge in [-0.25, -0.2) is 4.98 Å². The first kappa shape index (κ1) is 19.0. The van der Waals surface area contributed by atoms with Crippen LogP contribution in [0, 0.1) is 0 Å². The Bertz CT molecular complexity index is 923. The van der Waals surface area contributed by atoms with E-state index in [0.29, 0.717) is 34.1 Å². The summed E-state index contributed by atoms with van der Waals surface area (Å²) in [7, 11) is 0. The number of aromatic nitrogens is 4. The SMILES string of the molecule is O=C(CSc1nnc(-c2ccco2)n1CC1CCCO1)Nc1ccc(Cl)cn1. The Labute approximate surface area is 170 Å². The number of nitrogens with one attached hydrogen (secondary N) is 1. The maximum absolute atomic E-state index is 12.3. The van der Waals surface area contributed by atoms with Crippen LogP contribution in [-0.4, -0.2) is 44.1 Å². The number of anilines is 1. The van der Waals surface area contributed by atoms with Gasteiger partial charge in [-0.05, 0) is 37.1 Å². The highest BCUT2D eigenvalue weighted by atomic mass is 35.5. The van der Waals surface area contributed by atoms with Crippen molar-refractivity contribution in [2.45, 2.75) is 30.6 Å². The molecule has 4 heterocycles. The smallest absolute Gasteiger partial charge is 0.236 e. The summed E-state index contributed by atoms with van der Waals surface area (Å²) in [6.07, 6.45) is 5.22. The topological polar surface area (TPSA) is 95.1 Å². The molecule has 28 heavy (non-hydrogen) atoms. The third kappa shape index (κ3) is 4.54. The molecule has 1 fully saturated rings. The Hall–Kier alpha value is -2.36. The third-order valence-electron chi connectivity index (χ3n) is 4.20. The number of furan rings is 1. The summed E-state index contributed by atoms with van der Waals surface area (Å²) < 4.78 is 13.2. The van der Waals surface area contributed by atoms with E-state index in [-0.39, 0.29) is 17.8 Å². The summed E-state index contributed by atoms with van der Waals surface area (Å²) in [5.41, 5.74) is 0. The van der Waals surface area contributed by atoms with E-state index in [9.17, 15) is 4.79 Å². The zero-order chi connectivity index (χ0) is 19.3. The van der Waals surface area contributed by atoms with E-state index in [0.717, 1.165) is 19.4 Å². The number of carbonyl (C=O) groups excluding carboxylic acids is 1. The number of pyridine rings is 1. The van der Waals surface area contributed by atoms with E-state index in [1.165, 1.54) is 18.0 Å². The van der Waals surface area contributed by atoms with Crippen LogP contribution in [0.3, 0.4) is 0 Å². The van der Waals surface area contributed by atoms with Gasteiger partial charge in [0.1, 0.15) is 5.82 Å². The van der Waals surface area contributed by atoms with Crippen LogP contribution in [0.25, 0.3) is 11.6 Å². The molecule has 146 valence electrons. The lowest BCUT2D eigenvalue weighted by atomic mass is 10.2. The van der Waals surface area contributed by atoms with Crippen LogP contribution in [0.4, 0.5) is 5.82 Å². The Morgan fingerprint density at radius 1 is 1.36 bits per heavy atom. The number of rotatable bonds is 7. The van der Waals surface area contributed by atoms with Crippen LogP contribution in [0.15, 0.2) is 46.3 Å². The van der Waals surface area contributed by atoms with E-state index in [4.69, 9.17) is 20.8 Å². The molecule has 1 amide bonds. The van der Waals surface area contributed by atoms with Crippen molar-refractivity contribution in [3.8, 4) is 11.6 Å². The van der Waals surface area contributed by atoms with E-state index >= 15 is 0 Å². The Morgan fingerprint density at radius 3 is 3.00 bits per heavy atom. The van der Waals surface area contributed by atoms with Crippen molar-refractivity contribution in [2.24, 2.45) is 0 Å². The lowest BCUT2D eigenvalue weighted by Gasteiger charge is -2.13. The van der Waals surface area contributed by atoms with Crippen molar-refractivity contribution in [1.82, 2.24) is 19.7 Å². The average molecular weight is 420 g/mol. The predicted octanol–water partition coefficient (Wildman–Crippen LogP) is 3.50. The normalized spacial score (nSPS) is 16.4. The van der Waals surface area contributed by atoms with Crippen LogP contribution < -0.4 is 5.32 Å². The molecular weight excluding hydrogens is 402 g/mol. The molecule has 1 aliphatic heterocycles. The minimum Gasteiger partial charge on any atom is -0.461 e. The molecule has 1 saturated heterocycles. The molecule has 1 atom stereocenters. The summed E-state index contributed by atoms with van der Waals surface area (Å²) >= 11 is 7.11. The average Bonchev–Trinajstić information content (AvgIpc) is 3.44. The zero-order valence-corrected chi connectivity index (χ0v) is 16.4. The van der Waals surface area contributed by atoms with Crippen LogP contribution in [0.5, 0.6) is 0 Å². The molecule has 0 saturated carbocycles. The molecule has 0 spiro atoms. The van der Waals surface area contributed by atoms with Crippen LogP contribution in [0.2, 0.25) is 5.02 Å². The highest BCUT2D eigenvalue weighted by Crippen LogP contribution is 2.27. The number of carbonyl (C=O) groups is 1. The van der Waals surface area contributed by atoms with Gasteiger partial charge in [0.05, 0.1) is 29.7 Å². The first-order valence-corrected chi connectivity index (χ1v) is 10.2. The van der Waals surface area contributed by atoms with Gasteiger partial charge in [-0.3, -0.25) is 9.36 Å². The van der Waals surface area contributed by atoms with Gasteiger partial charge in [-0.15, -0.1) is 10.2 Å². The lowest BCUT2D eigenvalue weighted by Crippen LogP contribution is -2.18. The van der Waals surface area contributed by atoms with Gasteiger partial charge < -0.3 is 14.5 Å². The molecule has 1 unspecified atom stereocenters. The number of hydrogen-bond acceptors (Lipinski definition) is 7. The fourth-order valence-corrected chi connectivity index (χ4v) is 3.76. The molecule has 8 nitrogen and oxygen atoms in total. The second kappa shape index (κ2) is 8.76. The van der Waals surface area contributed by atoms with Gasteiger partial charge in [-0.1, -0.05) is 23.4 Å². The number of nitrogens with zero attached hydrogens (tertiary/aromatic N) is 4. The molecule has 0 aromatic carbocycles. The summed E-state index contributed by atoms with van der Waals surface area (Å²) in [6.45, 7) is 1.38. The van der Waals surface area contributed by atoms with Gasteiger partial charge in [0.25, 0.3) is 0 Å². The molecule has 0 aliphatic carbocycles. The molecule has 3 aromatic heterocycles. The Morgan fingerprint density at radius 2 is 2.29 bits per heavy atom. The van der Waals surface area contributed by atoms with Crippen molar-refractivity contribution in [1.29, 1.82) is 0 Å². The molecule has 0 bridgehead atoms. The van der Waals surface area contributed by atoms with E-state index < -0.39 is 0 Å². The Kier molecular flexibility index (Phi) is 5.94. The molecule has 4 rings (SSSR count). The standard InChI is InChI=1S/C18H18ClN5O3S/c19-12-5-6-15(20-9-12)21-16(25)11-28-18-23-22-17(14-4-2-8-27-14)24(18)10-13-3-1-7-26-13/h2,4-6,8-9,13H,1,3,7,10-11H2,(H,20,21,25). The zero-order valence-electron chi connectivity index (χ0n) is 14.9. The lowest BCUT2D eigenvalue weighted by molar-refractivity contribution is -0.113. The second-order valence-corrected chi connectivity index (χ2v) is 7.61. The van der Waals surface area contributed by atoms with Crippen LogP contribution >= 0.6 is 23.4 Å². The van der Waals surface area contributed by atoms with Gasteiger partial charge in [0, 0.05) is 12.8 Å². The molecule has 0 radical (unpaired) electrons. The number of amides is 1. The summed E-state index contributed by atoms with van der Waals surface area (Å²) in [4.78, 5) is 16.3. The first-order valence-electron chi connectivity index (χ1n) is 8.82. The van der Waals surface area contributed by atoms with E-state index in [1.807, 2.05) is 10.6 Å². The molecule has 1 aliphatic rings. The number of thioether (sulfide) groups is 1. The van der Waals surface area contributed by atoms with Crippen LogP contribution in [0.1, 0.15) is 12.8 Å².